The molecule has 0 saturated heterocycles. The second-order valence-electron chi connectivity index (χ2n) is 9.03. The van der Waals surface area contributed by atoms with Crippen LogP contribution in [0.3, 0.4) is 0 Å². The third-order valence-electron chi connectivity index (χ3n) is 6.67. The van der Waals surface area contributed by atoms with E-state index < -0.39 is 0 Å². The zero-order valence-electron chi connectivity index (χ0n) is 18.2. The van der Waals surface area contributed by atoms with Crippen LogP contribution in [0.1, 0.15) is 54.6 Å². The lowest BCUT2D eigenvalue weighted by Crippen LogP contribution is -2.21. The highest BCUT2D eigenvalue weighted by Gasteiger charge is 2.25. The molecular formula is C27H28FN3O. The molecule has 0 radical (unpaired) electrons. The Bertz CT molecular complexity index is 1120. The number of fused-ring (bicyclic) bond motifs is 3. The molecule has 0 bridgehead atoms. The standard InChI is InChI=1S/C27H28FN3O/c28-21-12-13-22-20(17-21)11-14-23-26(22)29-24(15-18-7-3-1-4-8-18)27(30-23)31-25(32)16-19-9-5-2-6-10-19/h2,5-6,9-10,12-13,17-18H,1,3-4,7-8,11,14-16H2,(H,30,31,32). The van der Waals surface area contributed by atoms with Crippen LogP contribution in [-0.2, 0) is 30.5 Å². The number of hydrogen-bond donors (Lipinski definition) is 1. The summed E-state index contributed by atoms with van der Waals surface area (Å²) in [7, 11) is 0. The minimum Gasteiger partial charge on any atom is -0.309 e. The molecule has 0 aliphatic heterocycles. The first-order chi connectivity index (χ1) is 15.7. The van der Waals surface area contributed by atoms with Crippen molar-refractivity contribution in [3.05, 3.63) is 76.9 Å². The number of halogens is 1. The molecule has 164 valence electrons. The van der Waals surface area contributed by atoms with Crippen molar-refractivity contribution in [2.75, 3.05) is 5.32 Å². The van der Waals surface area contributed by atoms with Gasteiger partial charge in [0.25, 0.3) is 0 Å². The fraction of sp³-hybridized carbons (Fsp3) is 0.370. The molecule has 2 aliphatic carbocycles. The van der Waals surface area contributed by atoms with Crippen molar-refractivity contribution in [3.8, 4) is 11.3 Å². The summed E-state index contributed by atoms with van der Waals surface area (Å²) in [6, 6.07) is 14.7. The molecule has 32 heavy (non-hydrogen) atoms. The van der Waals surface area contributed by atoms with E-state index in [1.165, 1.54) is 38.2 Å². The van der Waals surface area contributed by atoms with E-state index in [4.69, 9.17) is 9.97 Å². The monoisotopic (exact) mass is 429 g/mol. The van der Waals surface area contributed by atoms with Crippen molar-refractivity contribution in [2.24, 2.45) is 5.92 Å². The van der Waals surface area contributed by atoms with Crippen molar-refractivity contribution < 1.29 is 9.18 Å². The number of aromatic nitrogens is 2. The van der Waals surface area contributed by atoms with Gasteiger partial charge in [0.1, 0.15) is 5.82 Å². The highest BCUT2D eigenvalue weighted by atomic mass is 19.1. The van der Waals surface area contributed by atoms with E-state index in [1.54, 1.807) is 6.07 Å². The molecule has 2 aliphatic rings. The number of carbonyl (C=O) groups excluding carboxylic acids is 1. The Morgan fingerprint density at radius 3 is 2.62 bits per heavy atom. The summed E-state index contributed by atoms with van der Waals surface area (Å²) in [5.41, 5.74) is 5.50. The van der Waals surface area contributed by atoms with Crippen molar-refractivity contribution >= 4 is 11.7 Å². The third kappa shape index (κ3) is 4.57. The highest BCUT2D eigenvalue weighted by molar-refractivity contribution is 5.92. The van der Waals surface area contributed by atoms with Crippen LogP contribution in [0.5, 0.6) is 0 Å². The Hall–Kier alpha value is -3.08. The van der Waals surface area contributed by atoms with E-state index in [0.717, 1.165) is 46.6 Å². The molecule has 0 spiro atoms. The van der Waals surface area contributed by atoms with Gasteiger partial charge in [0.15, 0.2) is 5.82 Å². The molecule has 1 amide bonds. The zero-order valence-corrected chi connectivity index (χ0v) is 18.2. The molecule has 1 heterocycles. The first kappa shape index (κ1) is 20.8. The summed E-state index contributed by atoms with van der Waals surface area (Å²) in [6.45, 7) is 0. The maximum Gasteiger partial charge on any atom is 0.229 e. The second-order valence-corrected chi connectivity index (χ2v) is 9.03. The Balaban J connectivity index is 1.47. The fourth-order valence-electron chi connectivity index (χ4n) is 5.01. The minimum absolute atomic E-state index is 0.0753. The second kappa shape index (κ2) is 9.19. The molecule has 1 N–H and O–H groups in total. The van der Waals surface area contributed by atoms with Gasteiger partial charge in [-0.15, -0.1) is 0 Å². The quantitative estimate of drug-likeness (QED) is 0.567. The molecule has 0 atom stereocenters. The number of hydrogen-bond acceptors (Lipinski definition) is 3. The average molecular weight is 430 g/mol. The van der Waals surface area contributed by atoms with Gasteiger partial charge in [-0.25, -0.2) is 14.4 Å². The number of amides is 1. The summed E-state index contributed by atoms with van der Waals surface area (Å²) in [5.74, 6) is 0.874. The van der Waals surface area contributed by atoms with Gasteiger partial charge in [0.2, 0.25) is 5.91 Å². The fourth-order valence-corrected chi connectivity index (χ4v) is 5.01. The Kier molecular flexibility index (Phi) is 5.97. The Morgan fingerprint density at radius 1 is 1.00 bits per heavy atom. The Morgan fingerprint density at radius 2 is 1.81 bits per heavy atom. The van der Waals surface area contributed by atoms with Crippen LogP contribution < -0.4 is 5.32 Å². The van der Waals surface area contributed by atoms with E-state index in [-0.39, 0.29) is 11.7 Å². The summed E-state index contributed by atoms with van der Waals surface area (Å²) in [4.78, 5) is 22.7. The largest absolute Gasteiger partial charge is 0.309 e. The van der Waals surface area contributed by atoms with Gasteiger partial charge < -0.3 is 5.32 Å². The summed E-state index contributed by atoms with van der Waals surface area (Å²) >= 11 is 0. The van der Waals surface area contributed by atoms with E-state index in [2.05, 4.69) is 5.32 Å². The lowest BCUT2D eigenvalue weighted by molar-refractivity contribution is -0.115. The molecule has 5 heteroatoms. The van der Waals surface area contributed by atoms with E-state index in [9.17, 15) is 9.18 Å². The van der Waals surface area contributed by atoms with Crippen molar-refractivity contribution in [1.82, 2.24) is 9.97 Å². The molecular weight excluding hydrogens is 401 g/mol. The number of nitrogens with one attached hydrogen (secondary N) is 1. The van der Waals surface area contributed by atoms with Gasteiger partial charge >= 0.3 is 0 Å². The maximum atomic E-state index is 13.8. The first-order valence-corrected chi connectivity index (χ1v) is 11.7. The number of rotatable bonds is 5. The van der Waals surface area contributed by atoms with E-state index in [1.807, 2.05) is 36.4 Å². The van der Waals surface area contributed by atoms with Crippen molar-refractivity contribution in [1.29, 1.82) is 0 Å². The van der Waals surface area contributed by atoms with Crippen molar-refractivity contribution in [3.63, 3.8) is 0 Å². The number of aryl methyl sites for hydroxylation is 2. The molecule has 0 unspecified atom stereocenters. The van der Waals surface area contributed by atoms with E-state index in [0.29, 0.717) is 24.6 Å². The highest BCUT2D eigenvalue weighted by Crippen LogP contribution is 2.35. The third-order valence-corrected chi connectivity index (χ3v) is 6.67. The SMILES string of the molecule is O=C(Cc1ccccc1)Nc1nc2c(nc1CC1CCCCC1)-c1ccc(F)cc1CC2. The molecule has 3 aromatic rings. The molecule has 1 fully saturated rings. The van der Waals surface area contributed by atoms with E-state index >= 15 is 0 Å². The minimum atomic E-state index is -0.215. The molecule has 1 saturated carbocycles. The smallest absolute Gasteiger partial charge is 0.229 e. The number of benzene rings is 2. The molecule has 4 nitrogen and oxygen atoms in total. The van der Waals surface area contributed by atoms with Gasteiger partial charge in [-0.05, 0) is 54.5 Å². The van der Waals surface area contributed by atoms with Gasteiger partial charge in [0, 0.05) is 5.56 Å². The predicted molar refractivity (Wildman–Crippen MR) is 124 cm³/mol. The molecule has 2 aromatic carbocycles. The first-order valence-electron chi connectivity index (χ1n) is 11.7. The Labute approximate surface area is 188 Å². The van der Waals surface area contributed by atoms with Crippen LogP contribution >= 0.6 is 0 Å². The molecule has 1 aromatic heterocycles. The maximum absolute atomic E-state index is 13.8. The van der Waals surface area contributed by atoms with Gasteiger partial charge in [-0.1, -0.05) is 62.4 Å². The predicted octanol–water partition coefficient (Wildman–Crippen LogP) is 5.69. The summed E-state index contributed by atoms with van der Waals surface area (Å²) < 4.78 is 13.8. The van der Waals surface area contributed by atoms with Crippen LogP contribution in [0.2, 0.25) is 0 Å². The zero-order chi connectivity index (χ0) is 21.9. The lowest BCUT2D eigenvalue weighted by Gasteiger charge is -2.24. The summed E-state index contributed by atoms with van der Waals surface area (Å²) in [6.07, 6.45) is 8.74. The average Bonchev–Trinajstić information content (AvgIpc) is 2.80. The van der Waals surface area contributed by atoms with Gasteiger partial charge in [-0.2, -0.15) is 0 Å². The lowest BCUT2D eigenvalue weighted by atomic mass is 9.85. The normalized spacial score (nSPS) is 15.7. The van der Waals surface area contributed by atoms with Crippen LogP contribution in [0.4, 0.5) is 10.2 Å². The topological polar surface area (TPSA) is 54.9 Å². The van der Waals surface area contributed by atoms with Crippen LogP contribution in [0, 0.1) is 11.7 Å². The van der Waals surface area contributed by atoms with Crippen molar-refractivity contribution in [2.45, 2.75) is 57.8 Å². The molecule has 5 rings (SSSR count). The number of carbonyl (C=O) groups is 1. The van der Waals surface area contributed by atoms with Gasteiger partial charge in [-0.3, -0.25) is 4.79 Å². The van der Waals surface area contributed by atoms with Gasteiger partial charge in [0.05, 0.1) is 23.5 Å². The van der Waals surface area contributed by atoms with Crippen LogP contribution in [0.25, 0.3) is 11.3 Å². The van der Waals surface area contributed by atoms with Crippen LogP contribution in [-0.4, -0.2) is 15.9 Å². The number of nitrogens with zero attached hydrogens (tertiary/aromatic N) is 2. The van der Waals surface area contributed by atoms with Crippen LogP contribution in [0.15, 0.2) is 48.5 Å². The summed E-state index contributed by atoms with van der Waals surface area (Å²) in [5, 5.41) is 3.06. The number of anilines is 1.